The molecular weight excluding hydrogens is 326 g/mol. The maximum Gasteiger partial charge on any atom is 0.407 e. The van der Waals surface area contributed by atoms with E-state index in [1.54, 1.807) is 6.26 Å². The highest BCUT2D eigenvalue weighted by Gasteiger charge is 2.16. The van der Waals surface area contributed by atoms with Gasteiger partial charge in [0.05, 0.1) is 6.26 Å². The SMILES string of the molecule is CCc1cc(-c2cccc(CNC(=O)OC(C)(C)C)c2)c2occc2c1. The molecule has 0 aliphatic carbocycles. The minimum Gasteiger partial charge on any atom is -0.464 e. The van der Waals surface area contributed by atoms with Crippen molar-refractivity contribution in [1.29, 1.82) is 0 Å². The minimum atomic E-state index is -0.503. The summed E-state index contributed by atoms with van der Waals surface area (Å²) in [5, 5.41) is 3.91. The van der Waals surface area contributed by atoms with Crippen LogP contribution in [-0.4, -0.2) is 11.7 Å². The summed E-state index contributed by atoms with van der Waals surface area (Å²) < 4.78 is 11.0. The summed E-state index contributed by atoms with van der Waals surface area (Å²) in [7, 11) is 0. The first-order valence-electron chi connectivity index (χ1n) is 8.92. The lowest BCUT2D eigenvalue weighted by Crippen LogP contribution is -2.32. The van der Waals surface area contributed by atoms with Crippen LogP contribution in [0.15, 0.2) is 53.1 Å². The summed E-state index contributed by atoms with van der Waals surface area (Å²) in [6.07, 6.45) is 2.28. The van der Waals surface area contributed by atoms with Crippen LogP contribution >= 0.6 is 0 Å². The molecule has 3 rings (SSSR count). The number of aryl methyl sites for hydroxylation is 1. The van der Waals surface area contributed by atoms with E-state index in [9.17, 15) is 4.79 Å². The zero-order valence-corrected chi connectivity index (χ0v) is 15.8. The molecule has 0 aliphatic heterocycles. The summed E-state index contributed by atoms with van der Waals surface area (Å²) in [5.41, 5.74) is 4.81. The Morgan fingerprint density at radius 3 is 2.65 bits per heavy atom. The fourth-order valence-corrected chi connectivity index (χ4v) is 2.90. The molecule has 0 radical (unpaired) electrons. The van der Waals surface area contributed by atoms with Gasteiger partial charge in [-0.1, -0.05) is 25.1 Å². The van der Waals surface area contributed by atoms with E-state index in [2.05, 4.69) is 36.5 Å². The fraction of sp³-hybridized carbons (Fsp3) is 0.318. The number of rotatable bonds is 4. The molecule has 4 nitrogen and oxygen atoms in total. The predicted octanol–water partition coefficient (Wildman–Crippen LogP) is 5.69. The quantitative estimate of drug-likeness (QED) is 0.657. The molecule has 0 spiro atoms. The number of furan rings is 1. The van der Waals surface area contributed by atoms with E-state index in [1.165, 1.54) is 5.56 Å². The van der Waals surface area contributed by atoms with Crippen molar-refractivity contribution in [2.75, 3.05) is 0 Å². The molecule has 0 bridgehead atoms. The third-order valence-electron chi connectivity index (χ3n) is 4.09. The van der Waals surface area contributed by atoms with Gasteiger partial charge >= 0.3 is 6.09 Å². The highest BCUT2D eigenvalue weighted by atomic mass is 16.6. The number of amides is 1. The third-order valence-corrected chi connectivity index (χ3v) is 4.09. The van der Waals surface area contributed by atoms with Gasteiger partial charge in [0.1, 0.15) is 11.2 Å². The number of hydrogen-bond donors (Lipinski definition) is 1. The Balaban J connectivity index is 1.84. The number of benzene rings is 2. The van der Waals surface area contributed by atoms with Crippen LogP contribution in [0.3, 0.4) is 0 Å². The number of alkyl carbamates (subject to hydrolysis) is 1. The van der Waals surface area contributed by atoms with Gasteiger partial charge in [0.2, 0.25) is 0 Å². The molecule has 0 saturated carbocycles. The van der Waals surface area contributed by atoms with Crippen LogP contribution in [0.2, 0.25) is 0 Å². The van der Waals surface area contributed by atoms with Crippen molar-refractivity contribution in [3.63, 3.8) is 0 Å². The molecule has 0 unspecified atom stereocenters. The number of hydrogen-bond acceptors (Lipinski definition) is 3. The van der Waals surface area contributed by atoms with Gasteiger partial charge in [0, 0.05) is 17.5 Å². The zero-order valence-electron chi connectivity index (χ0n) is 15.8. The van der Waals surface area contributed by atoms with Crippen LogP contribution in [-0.2, 0) is 17.7 Å². The second-order valence-electron chi connectivity index (χ2n) is 7.39. The van der Waals surface area contributed by atoms with Crippen molar-refractivity contribution in [3.8, 4) is 11.1 Å². The summed E-state index contributed by atoms with van der Waals surface area (Å²) >= 11 is 0. The molecule has 1 N–H and O–H groups in total. The lowest BCUT2D eigenvalue weighted by molar-refractivity contribution is 0.0523. The van der Waals surface area contributed by atoms with Crippen LogP contribution in [0.4, 0.5) is 4.79 Å². The second kappa shape index (κ2) is 7.24. The van der Waals surface area contributed by atoms with E-state index in [0.717, 1.165) is 34.1 Å². The Kier molecular flexibility index (Phi) is 5.03. The lowest BCUT2D eigenvalue weighted by atomic mass is 9.98. The standard InChI is InChI=1S/C22H25NO3/c1-5-15-11-18-9-10-25-20(18)19(13-15)17-8-6-7-16(12-17)14-23-21(24)26-22(2,3)4/h6-13H,5,14H2,1-4H3,(H,23,24). The lowest BCUT2D eigenvalue weighted by Gasteiger charge is -2.19. The smallest absolute Gasteiger partial charge is 0.407 e. The summed E-state index contributed by atoms with van der Waals surface area (Å²) in [4.78, 5) is 11.9. The van der Waals surface area contributed by atoms with Gasteiger partial charge in [-0.2, -0.15) is 0 Å². The average Bonchev–Trinajstić information content (AvgIpc) is 3.06. The van der Waals surface area contributed by atoms with Gasteiger partial charge in [0.15, 0.2) is 0 Å². The molecule has 1 amide bonds. The van der Waals surface area contributed by atoms with Crippen LogP contribution < -0.4 is 5.32 Å². The van der Waals surface area contributed by atoms with Crippen molar-refractivity contribution in [3.05, 3.63) is 59.9 Å². The van der Waals surface area contributed by atoms with Crippen molar-refractivity contribution in [1.82, 2.24) is 5.32 Å². The van der Waals surface area contributed by atoms with Gasteiger partial charge in [0.25, 0.3) is 0 Å². The normalized spacial score (nSPS) is 11.5. The van der Waals surface area contributed by atoms with Crippen LogP contribution in [0.5, 0.6) is 0 Å². The molecule has 0 atom stereocenters. The van der Waals surface area contributed by atoms with Crippen molar-refractivity contribution in [2.24, 2.45) is 0 Å². The van der Waals surface area contributed by atoms with Crippen molar-refractivity contribution < 1.29 is 13.9 Å². The largest absolute Gasteiger partial charge is 0.464 e. The van der Waals surface area contributed by atoms with E-state index in [0.29, 0.717) is 6.54 Å². The summed E-state index contributed by atoms with van der Waals surface area (Å²) in [6.45, 7) is 8.11. The first kappa shape index (κ1) is 18.1. The molecular formula is C22H25NO3. The van der Waals surface area contributed by atoms with Crippen LogP contribution in [0, 0.1) is 0 Å². The summed E-state index contributed by atoms with van der Waals surface area (Å²) in [5.74, 6) is 0. The number of nitrogens with one attached hydrogen (secondary N) is 1. The Labute approximate surface area is 154 Å². The van der Waals surface area contributed by atoms with Crippen LogP contribution in [0.1, 0.15) is 38.8 Å². The van der Waals surface area contributed by atoms with Gasteiger partial charge in [-0.25, -0.2) is 4.79 Å². The topological polar surface area (TPSA) is 51.5 Å². The maximum atomic E-state index is 11.9. The average molecular weight is 351 g/mol. The fourth-order valence-electron chi connectivity index (χ4n) is 2.90. The van der Waals surface area contributed by atoms with Crippen molar-refractivity contribution in [2.45, 2.75) is 46.3 Å². The van der Waals surface area contributed by atoms with Gasteiger partial charge in [-0.15, -0.1) is 0 Å². The molecule has 4 heteroatoms. The van der Waals surface area contributed by atoms with Gasteiger partial charge in [-0.3, -0.25) is 0 Å². The Hall–Kier alpha value is -2.75. The predicted molar refractivity (Wildman–Crippen MR) is 104 cm³/mol. The number of fused-ring (bicyclic) bond motifs is 1. The first-order valence-corrected chi connectivity index (χ1v) is 8.92. The summed E-state index contributed by atoms with van der Waals surface area (Å²) in [6, 6.07) is 14.5. The van der Waals surface area contributed by atoms with E-state index < -0.39 is 11.7 Å². The first-order chi connectivity index (χ1) is 12.4. The molecule has 3 aromatic rings. The molecule has 2 aromatic carbocycles. The van der Waals surface area contributed by atoms with E-state index in [-0.39, 0.29) is 0 Å². The molecule has 0 fully saturated rings. The Morgan fingerprint density at radius 1 is 1.12 bits per heavy atom. The van der Waals surface area contributed by atoms with E-state index in [4.69, 9.17) is 9.15 Å². The van der Waals surface area contributed by atoms with Gasteiger partial charge < -0.3 is 14.5 Å². The molecule has 26 heavy (non-hydrogen) atoms. The zero-order chi connectivity index (χ0) is 18.7. The highest BCUT2D eigenvalue weighted by molar-refractivity contribution is 5.93. The van der Waals surface area contributed by atoms with E-state index in [1.807, 2.05) is 39.0 Å². The molecule has 0 aliphatic rings. The van der Waals surface area contributed by atoms with E-state index >= 15 is 0 Å². The van der Waals surface area contributed by atoms with Gasteiger partial charge in [-0.05, 0) is 68.1 Å². The minimum absolute atomic E-state index is 0.413. The van der Waals surface area contributed by atoms with Crippen molar-refractivity contribution >= 4 is 17.1 Å². The Morgan fingerprint density at radius 2 is 1.92 bits per heavy atom. The Bertz CT molecular complexity index is 919. The van der Waals surface area contributed by atoms with Crippen LogP contribution in [0.25, 0.3) is 22.1 Å². The molecule has 136 valence electrons. The monoisotopic (exact) mass is 351 g/mol. The molecule has 1 aromatic heterocycles. The maximum absolute atomic E-state index is 11.9. The highest BCUT2D eigenvalue weighted by Crippen LogP contribution is 2.31. The number of carbonyl (C=O) groups is 1. The number of carbonyl (C=O) groups excluding carboxylic acids is 1. The molecule has 0 saturated heterocycles. The third kappa shape index (κ3) is 4.26. The second-order valence-corrected chi connectivity index (χ2v) is 7.39. The number of ether oxygens (including phenoxy) is 1. The molecule has 1 heterocycles.